The number of piperazine rings is 1. The van der Waals surface area contributed by atoms with E-state index in [2.05, 4.69) is 5.32 Å². The fourth-order valence-corrected chi connectivity index (χ4v) is 2.00. The van der Waals surface area contributed by atoms with Gasteiger partial charge in [-0.25, -0.2) is 0 Å². The van der Waals surface area contributed by atoms with Crippen LogP contribution in [0, 0.1) is 0 Å². The molecule has 13 heavy (non-hydrogen) atoms. The Hall–Kier alpha value is -0.610. The molecule has 4 nitrogen and oxygen atoms in total. The van der Waals surface area contributed by atoms with Crippen molar-refractivity contribution in [2.45, 2.75) is 18.9 Å². The van der Waals surface area contributed by atoms with Crippen LogP contribution < -0.4 is 5.32 Å². The van der Waals surface area contributed by atoms with E-state index >= 15 is 0 Å². The molecule has 0 atom stereocenters. The number of nitrogens with one attached hydrogen (secondary N) is 1. The first-order valence-electron chi connectivity index (χ1n) is 4.96. The highest BCUT2D eigenvalue weighted by molar-refractivity contribution is 5.79. The Morgan fingerprint density at radius 3 is 2.92 bits per heavy atom. The average Bonchev–Trinajstić information content (AvgIpc) is 2.20. The maximum atomic E-state index is 11.5. The minimum Gasteiger partial charge on any atom is -0.381 e. The predicted molar refractivity (Wildman–Crippen MR) is 50.5 cm³/mol. The number of rotatable bonds is 1. The first-order valence-corrected chi connectivity index (χ1v) is 4.96. The van der Waals surface area contributed by atoms with Crippen LogP contribution in [0.3, 0.4) is 0 Å². The molecule has 0 spiro atoms. The molecule has 1 amide bonds. The van der Waals surface area contributed by atoms with E-state index in [9.17, 15) is 4.79 Å². The van der Waals surface area contributed by atoms with Crippen molar-refractivity contribution in [3.05, 3.63) is 0 Å². The first kappa shape index (κ1) is 8.97. The minimum absolute atomic E-state index is 0. The lowest BCUT2D eigenvalue weighted by molar-refractivity contribution is -0.136. The summed E-state index contributed by atoms with van der Waals surface area (Å²) in [5, 5.41) is 3.08. The van der Waals surface area contributed by atoms with E-state index in [4.69, 9.17) is 4.74 Å². The molecule has 0 saturated carbocycles. The van der Waals surface area contributed by atoms with Crippen LogP contribution in [0.25, 0.3) is 0 Å². The number of carbonyl (C=O) groups is 1. The molecule has 2 rings (SSSR count). The number of ether oxygens (including phenoxy) is 1. The van der Waals surface area contributed by atoms with Gasteiger partial charge in [-0.05, 0) is 12.8 Å². The van der Waals surface area contributed by atoms with Crippen molar-refractivity contribution in [3.63, 3.8) is 0 Å². The Morgan fingerprint density at radius 1 is 1.46 bits per heavy atom. The lowest BCUT2D eigenvalue weighted by Gasteiger charge is -2.36. The largest absolute Gasteiger partial charge is 0.381 e. The van der Waals surface area contributed by atoms with Crippen molar-refractivity contribution < 1.29 is 11.0 Å². The van der Waals surface area contributed by atoms with Gasteiger partial charge in [-0.1, -0.05) is 0 Å². The summed E-state index contributed by atoms with van der Waals surface area (Å²) in [5.41, 5.74) is 0. The van der Waals surface area contributed by atoms with Gasteiger partial charge in [0.05, 0.1) is 6.54 Å². The molecule has 2 aliphatic rings. The summed E-state index contributed by atoms with van der Waals surface area (Å²) in [6, 6.07) is 0.434. The highest BCUT2D eigenvalue weighted by Gasteiger charge is 2.26. The summed E-state index contributed by atoms with van der Waals surface area (Å²) in [5.74, 6) is 0.248. The smallest absolute Gasteiger partial charge is 0.236 e. The summed E-state index contributed by atoms with van der Waals surface area (Å²) in [4.78, 5) is 13.5. The number of carbonyl (C=O) groups excluding carboxylic acids is 1. The van der Waals surface area contributed by atoms with Crippen LogP contribution >= 0.6 is 0 Å². The second-order valence-electron chi connectivity index (χ2n) is 3.61. The van der Waals surface area contributed by atoms with Crippen LogP contribution in [-0.2, 0) is 9.53 Å². The Labute approximate surface area is 79.7 Å². The Kier molecular flexibility index (Phi) is 2.80. The van der Waals surface area contributed by atoms with Gasteiger partial charge in [-0.2, -0.15) is 0 Å². The first-order chi connectivity index (χ1) is 6.38. The van der Waals surface area contributed by atoms with Crippen LogP contribution in [0.1, 0.15) is 14.3 Å². The summed E-state index contributed by atoms with van der Waals surface area (Å²) in [6.07, 6.45) is 2.01. The monoisotopic (exact) mass is 186 g/mol. The van der Waals surface area contributed by atoms with Gasteiger partial charge in [-0.3, -0.25) is 4.79 Å². The molecule has 0 radical (unpaired) electrons. The molecule has 2 fully saturated rings. The van der Waals surface area contributed by atoms with E-state index in [1.165, 1.54) is 0 Å². The number of hydrogen-bond donors (Lipinski definition) is 1. The van der Waals surface area contributed by atoms with E-state index in [1.54, 1.807) is 0 Å². The third-order valence-corrected chi connectivity index (χ3v) is 2.76. The summed E-state index contributed by atoms with van der Waals surface area (Å²) in [7, 11) is 0. The van der Waals surface area contributed by atoms with E-state index in [-0.39, 0.29) is 7.33 Å². The molecule has 2 aliphatic heterocycles. The van der Waals surface area contributed by atoms with Gasteiger partial charge in [0.15, 0.2) is 0 Å². The van der Waals surface area contributed by atoms with Gasteiger partial charge in [-0.15, -0.1) is 0 Å². The lowest BCUT2D eigenvalue weighted by atomic mass is 10.1. The average molecular weight is 186 g/mol. The lowest BCUT2D eigenvalue weighted by Crippen LogP contribution is -2.53. The molecule has 2 saturated heterocycles. The second-order valence-corrected chi connectivity index (χ2v) is 3.61. The molecular weight excluding hydrogens is 168 g/mol. The molecule has 4 heteroatoms. The third-order valence-electron chi connectivity index (χ3n) is 2.76. The normalized spacial score (nSPS) is 26.5. The summed E-state index contributed by atoms with van der Waals surface area (Å²) < 4.78 is 5.27. The zero-order chi connectivity index (χ0) is 9.10. The zero-order valence-electron chi connectivity index (χ0n) is 7.79. The van der Waals surface area contributed by atoms with Crippen LogP contribution in [0.4, 0.5) is 0 Å². The van der Waals surface area contributed by atoms with Crippen molar-refractivity contribution in [2.75, 3.05) is 32.8 Å². The van der Waals surface area contributed by atoms with Gasteiger partial charge in [0.1, 0.15) is 0 Å². The molecule has 1 N–H and O–H groups in total. The van der Waals surface area contributed by atoms with Crippen molar-refractivity contribution >= 4 is 5.91 Å². The van der Waals surface area contributed by atoms with Crippen LogP contribution in [0.15, 0.2) is 0 Å². The Balaban J connectivity index is 0.000000980. The van der Waals surface area contributed by atoms with E-state index in [1.807, 2.05) is 4.90 Å². The maximum absolute atomic E-state index is 11.5. The van der Waals surface area contributed by atoms with E-state index in [0.717, 1.165) is 39.1 Å². The molecule has 0 aromatic carbocycles. The zero-order valence-corrected chi connectivity index (χ0v) is 7.79. The predicted octanol–water partition coefficient (Wildman–Crippen LogP) is -0.157. The molecule has 76 valence electrons. The van der Waals surface area contributed by atoms with E-state index < -0.39 is 0 Å². The topological polar surface area (TPSA) is 41.6 Å². The number of hydrogen-bond acceptors (Lipinski definition) is 3. The Bertz CT molecular complexity index is 195. The van der Waals surface area contributed by atoms with Crippen LogP contribution in [0.2, 0.25) is 0 Å². The molecule has 0 aliphatic carbocycles. The minimum atomic E-state index is 0. The Morgan fingerprint density at radius 2 is 2.23 bits per heavy atom. The number of amides is 1. The van der Waals surface area contributed by atoms with Crippen molar-refractivity contribution in [1.29, 1.82) is 0 Å². The number of nitrogens with zero attached hydrogens (tertiary/aromatic N) is 1. The SMILES string of the molecule is O=C1CNCCN1C1CCOCC1.[HH]. The van der Waals surface area contributed by atoms with Crippen LogP contribution in [-0.4, -0.2) is 49.7 Å². The molecule has 0 bridgehead atoms. The molecule has 0 unspecified atom stereocenters. The highest BCUT2D eigenvalue weighted by atomic mass is 16.5. The molecule has 2 heterocycles. The fraction of sp³-hybridized carbons (Fsp3) is 0.889. The third kappa shape index (κ3) is 2.00. The van der Waals surface area contributed by atoms with Gasteiger partial charge in [0.2, 0.25) is 5.91 Å². The maximum Gasteiger partial charge on any atom is 0.236 e. The molecule has 0 aromatic heterocycles. The van der Waals surface area contributed by atoms with Gasteiger partial charge >= 0.3 is 0 Å². The van der Waals surface area contributed by atoms with Crippen molar-refractivity contribution in [2.24, 2.45) is 0 Å². The van der Waals surface area contributed by atoms with Gasteiger partial charge in [0, 0.05) is 33.8 Å². The summed E-state index contributed by atoms with van der Waals surface area (Å²) in [6.45, 7) is 3.92. The second kappa shape index (κ2) is 4.07. The van der Waals surface area contributed by atoms with Gasteiger partial charge < -0.3 is 15.0 Å². The summed E-state index contributed by atoms with van der Waals surface area (Å²) >= 11 is 0. The highest BCUT2D eigenvalue weighted by Crippen LogP contribution is 2.15. The fourth-order valence-electron chi connectivity index (χ4n) is 2.00. The standard InChI is InChI=1S/C9H16N2O2.H2/c12-9-7-10-3-4-11(9)8-1-5-13-6-2-8;/h8,10H,1-7H2;1H. The van der Waals surface area contributed by atoms with Crippen molar-refractivity contribution in [3.8, 4) is 0 Å². The molecule has 0 aromatic rings. The van der Waals surface area contributed by atoms with Crippen molar-refractivity contribution in [1.82, 2.24) is 10.2 Å². The van der Waals surface area contributed by atoms with Crippen LogP contribution in [0.5, 0.6) is 0 Å². The quantitative estimate of drug-likeness (QED) is 0.619. The van der Waals surface area contributed by atoms with Gasteiger partial charge in [0.25, 0.3) is 0 Å². The van der Waals surface area contributed by atoms with E-state index in [0.29, 0.717) is 12.6 Å². The molecular formula is C9H18N2O2.